The molecule has 0 spiro atoms. The predicted molar refractivity (Wildman–Crippen MR) is 50.7 cm³/mol. The standard InChI is InChI=1S/C9H5N5O/c15-7-3-4-10-12-8-5(7)1-2-6-9(8)13-14-11-6/h1-2,4H,3H2. The molecule has 1 aromatic carbocycles. The number of carbonyl (C=O) groups is 1. The van der Waals surface area contributed by atoms with Crippen LogP contribution in [0.3, 0.4) is 0 Å². The van der Waals surface area contributed by atoms with E-state index in [1.807, 2.05) is 0 Å². The molecule has 0 aromatic heterocycles. The van der Waals surface area contributed by atoms with E-state index in [9.17, 15) is 4.79 Å². The van der Waals surface area contributed by atoms with E-state index in [-0.39, 0.29) is 12.2 Å². The minimum absolute atomic E-state index is 0.0140. The third-order valence-corrected chi connectivity index (χ3v) is 2.24. The van der Waals surface area contributed by atoms with Crippen LogP contribution in [0.25, 0.3) is 0 Å². The van der Waals surface area contributed by atoms with Gasteiger partial charge in [-0.2, -0.15) is 5.10 Å². The van der Waals surface area contributed by atoms with Crippen LogP contribution in [0.5, 0.6) is 0 Å². The molecule has 0 unspecified atom stereocenters. The van der Waals surface area contributed by atoms with Gasteiger partial charge in [0.2, 0.25) is 0 Å². The zero-order chi connectivity index (χ0) is 10.3. The maximum Gasteiger partial charge on any atom is 0.170 e. The van der Waals surface area contributed by atoms with Crippen molar-refractivity contribution in [2.24, 2.45) is 25.6 Å². The molecule has 0 bridgehead atoms. The summed E-state index contributed by atoms with van der Waals surface area (Å²) in [5.41, 5.74) is 1.16. The number of hydrogen-bond donors (Lipinski definition) is 0. The maximum atomic E-state index is 11.7. The Morgan fingerprint density at radius 2 is 2.07 bits per heavy atom. The average Bonchev–Trinajstić information content (AvgIpc) is 2.64. The number of rotatable bonds is 0. The molecule has 6 heteroatoms. The Kier molecular flexibility index (Phi) is 1.55. The zero-order valence-electron chi connectivity index (χ0n) is 7.58. The summed E-state index contributed by atoms with van der Waals surface area (Å²) in [4.78, 5) is 11.7. The minimum Gasteiger partial charge on any atom is -0.294 e. The number of ketones is 1. The quantitative estimate of drug-likeness (QED) is 0.599. The number of Topliss-reactive ketones (excluding diaryl/α,β-unsaturated/α-hetero) is 1. The molecule has 1 aromatic rings. The summed E-state index contributed by atoms with van der Waals surface area (Å²) in [5, 5.41) is 19.9. The van der Waals surface area contributed by atoms with Crippen LogP contribution in [-0.4, -0.2) is 12.0 Å². The van der Waals surface area contributed by atoms with Gasteiger partial charge in [0, 0.05) is 18.2 Å². The summed E-state index contributed by atoms with van der Waals surface area (Å²) in [6.45, 7) is 0. The molecule has 0 N–H and O–H groups in total. The van der Waals surface area contributed by atoms with E-state index in [1.54, 1.807) is 12.1 Å². The van der Waals surface area contributed by atoms with Crippen molar-refractivity contribution in [1.82, 2.24) is 0 Å². The third kappa shape index (κ3) is 1.11. The van der Waals surface area contributed by atoms with E-state index in [4.69, 9.17) is 0 Å². The fraction of sp³-hybridized carbons (Fsp3) is 0.111. The first kappa shape index (κ1) is 8.10. The van der Waals surface area contributed by atoms with Crippen LogP contribution in [0.15, 0.2) is 37.8 Å². The second-order valence-corrected chi connectivity index (χ2v) is 3.14. The fourth-order valence-corrected chi connectivity index (χ4v) is 1.52. The Balaban J connectivity index is 2.47. The number of benzene rings is 1. The van der Waals surface area contributed by atoms with Gasteiger partial charge in [-0.05, 0) is 17.4 Å². The molecule has 2 aliphatic rings. The van der Waals surface area contributed by atoms with Crippen molar-refractivity contribution in [1.29, 1.82) is 0 Å². The van der Waals surface area contributed by atoms with Crippen LogP contribution in [0.4, 0.5) is 5.69 Å². The summed E-state index contributed by atoms with van der Waals surface area (Å²) in [5.74, 6) is -0.0140. The minimum atomic E-state index is -0.0140. The van der Waals surface area contributed by atoms with Gasteiger partial charge in [-0.1, -0.05) is 0 Å². The summed E-state index contributed by atoms with van der Waals surface area (Å²) in [7, 11) is 0. The average molecular weight is 199 g/mol. The summed E-state index contributed by atoms with van der Waals surface area (Å²) < 4.78 is 0. The highest BCUT2D eigenvalue weighted by Gasteiger charge is 2.15. The Hall–Kier alpha value is -2.24. The van der Waals surface area contributed by atoms with Crippen LogP contribution in [0, 0.1) is 0 Å². The first-order valence-electron chi connectivity index (χ1n) is 4.41. The van der Waals surface area contributed by atoms with Gasteiger partial charge in [0.05, 0.1) is 0 Å². The van der Waals surface area contributed by atoms with E-state index >= 15 is 0 Å². The van der Waals surface area contributed by atoms with Gasteiger partial charge >= 0.3 is 0 Å². The van der Waals surface area contributed by atoms with Crippen molar-refractivity contribution in [3.63, 3.8) is 0 Å². The summed E-state index contributed by atoms with van der Waals surface area (Å²) >= 11 is 0. The predicted octanol–water partition coefficient (Wildman–Crippen LogP) is 0.510. The van der Waals surface area contributed by atoms with Gasteiger partial charge in [-0.15, -0.1) is 15.3 Å². The molecule has 6 nitrogen and oxygen atoms in total. The van der Waals surface area contributed by atoms with E-state index in [0.29, 0.717) is 22.0 Å². The molecular formula is C9H5N5O. The Labute approximate surface area is 83.7 Å². The fourth-order valence-electron chi connectivity index (χ4n) is 1.52. The Morgan fingerprint density at radius 1 is 1.13 bits per heavy atom. The van der Waals surface area contributed by atoms with Gasteiger partial charge in [-0.3, -0.25) is 4.79 Å². The van der Waals surface area contributed by atoms with Crippen molar-refractivity contribution >= 4 is 17.7 Å². The molecule has 3 rings (SSSR count). The summed E-state index contributed by atoms with van der Waals surface area (Å²) in [6.07, 6.45) is 1.75. The molecule has 0 fully saturated rings. The van der Waals surface area contributed by atoms with E-state index < -0.39 is 0 Å². The van der Waals surface area contributed by atoms with Crippen LogP contribution >= 0.6 is 0 Å². The maximum absolute atomic E-state index is 11.7. The second-order valence-electron chi connectivity index (χ2n) is 3.14. The SMILES string of the molecule is O=C1CC=NN=c2c1ccc1c2=NN=N1. The van der Waals surface area contributed by atoms with E-state index in [0.717, 1.165) is 0 Å². The number of fused-ring (bicyclic) bond motifs is 3. The highest BCUT2D eigenvalue weighted by Crippen LogP contribution is 2.10. The topological polar surface area (TPSA) is 78.9 Å². The van der Waals surface area contributed by atoms with Gasteiger partial charge in [0.15, 0.2) is 5.78 Å². The van der Waals surface area contributed by atoms with Crippen molar-refractivity contribution in [3.8, 4) is 0 Å². The molecule has 72 valence electrons. The molecule has 0 saturated carbocycles. The van der Waals surface area contributed by atoms with Gasteiger partial charge in [0.1, 0.15) is 16.4 Å². The van der Waals surface area contributed by atoms with Crippen molar-refractivity contribution in [3.05, 3.63) is 28.4 Å². The summed E-state index contributed by atoms with van der Waals surface area (Å²) in [6, 6.07) is 3.40. The molecule has 0 atom stereocenters. The number of carbonyl (C=O) groups excluding carboxylic acids is 1. The molecule has 2 aliphatic heterocycles. The van der Waals surface area contributed by atoms with E-state index in [2.05, 4.69) is 25.6 Å². The number of hydrogen-bond acceptors (Lipinski definition) is 6. The molecule has 0 radical (unpaired) electrons. The largest absolute Gasteiger partial charge is 0.294 e. The van der Waals surface area contributed by atoms with Gasteiger partial charge < -0.3 is 0 Å². The lowest BCUT2D eigenvalue weighted by Gasteiger charge is -1.95. The zero-order valence-corrected chi connectivity index (χ0v) is 7.58. The lowest BCUT2D eigenvalue weighted by molar-refractivity contribution is 0.100. The molecular weight excluding hydrogens is 194 g/mol. The number of nitrogens with zero attached hydrogens (tertiary/aromatic N) is 5. The third-order valence-electron chi connectivity index (χ3n) is 2.24. The van der Waals surface area contributed by atoms with Crippen LogP contribution in [-0.2, 0) is 0 Å². The Bertz CT molecular complexity index is 629. The second kappa shape index (κ2) is 2.88. The first-order valence-corrected chi connectivity index (χ1v) is 4.41. The van der Waals surface area contributed by atoms with Gasteiger partial charge in [0.25, 0.3) is 0 Å². The molecule has 2 heterocycles. The van der Waals surface area contributed by atoms with Crippen LogP contribution in [0.1, 0.15) is 16.8 Å². The molecule has 15 heavy (non-hydrogen) atoms. The van der Waals surface area contributed by atoms with Crippen LogP contribution in [0.2, 0.25) is 0 Å². The van der Waals surface area contributed by atoms with Gasteiger partial charge in [-0.25, -0.2) is 0 Å². The van der Waals surface area contributed by atoms with Crippen molar-refractivity contribution in [2.75, 3.05) is 0 Å². The molecule has 0 saturated heterocycles. The first-order chi connectivity index (χ1) is 7.36. The monoisotopic (exact) mass is 199 g/mol. The molecule has 0 amide bonds. The lowest BCUT2D eigenvalue weighted by Crippen LogP contribution is -2.29. The Morgan fingerprint density at radius 3 is 3.00 bits per heavy atom. The van der Waals surface area contributed by atoms with Crippen LogP contribution < -0.4 is 10.7 Å². The lowest BCUT2D eigenvalue weighted by atomic mass is 10.1. The van der Waals surface area contributed by atoms with Crippen molar-refractivity contribution < 1.29 is 4.79 Å². The highest BCUT2D eigenvalue weighted by atomic mass is 16.1. The van der Waals surface area contributed by atoms with E-state index in [1.165, 1.54) is 6.21 Å². The molecule has 0 aliphatic carbocycles. The van der Waals surface area contributed by atoms with Crippen molar-refractivity contribution in [2.45, 2.75) is 6.42 Å². The normalized spacial score (nSPS) is 16.4. The smallest absolute Gasteiger partial charge is 0.170 e. The highest BCUT2D eigenvalue weighted by molar-refractivity contribution is 6.03.